The highest BCUT2D eigenvalue weighted by atomic mass is 16.6. The van der Waals surface area contributed by atoms with Crippen LogP contribution >= 0.6 is 0 Å². The summed E-state index contributed by atoms with van der Waals surface area (Å²) in [6.45, 7) is 11.1. The molecule has 1 aliphatic heterocycles. The molecule has 1 aliphatic rings. The van der Waals surface area contributed by atoms with Gasteiger partial charge in [-0.1, -0.05) is 27.7 Å². The Hall–Kier alpha value is -0.730. The maximum atomic E-state index is 11.1. The van der Waals surface area contributed by atoms with Crippen molar-refractivity contribution in [3.05, 3.63) is 0 Å². The van der Waals surface area contributed by atoms with Gasteiger partial charge >= 0.3 is 6.09 Å². The largest absolute Gasteiger partial charge is 0.442 e. The topological polar surface area (TPSA) is 38.3 Å². The predicted octanol–water partition coefficient (Wildman–Crippen LogP) is 2.17. The second-order valence-corrected chi connectivity index (χ2v) is 5.03. The van der Waals surface area contributed by atoms with E-state index >= 15 is 0 Å². The number of cyclic esters (lactones) is 1. The minimum atomic E-state index is -0.366. The Balaban J connectivity index is 2.91. The van der Waals surface area contributed by atoms with Gasteiger partial charge in [-0.2, -0.15) is 0 Å². The predicted molar refractivity (Wildman–Crippen MR) is 51.5 cm³/mol. The van der Waals surface area contributed by atoms with Crippen LogP contribution in [0.5, 0.6) is 0 Å². The first-order valence-corrected chi connectivity index (χ1v) is 4.74. The van der Waals surface area contributed by atoms with Crippen molar-refractivity contribution in [3.63, 3.8) is 0 Å². The third-order valence-electron chi connectivity index (χ3n) is 3.29. The Kier molecular flexibility index (Phi) is 2.30. The first-order valence-electron chi connectivity index (χ1n) is 4.74. The van der Waals surface area contributed by atoms with Crippen LogP contribution in [0.3, 0.4) is 0 Å². The third-order valence-corrected chi connectivity index (χ3v) is 3.29. The molecule has 1 heterocycles. The molecule has 1 rings (SSSR count). The highest BCUT2D eigenvalue weighted by Crippen LogP contribution is 2.40. The van der Waals surface area contributed by atoms with Crippen LogP contribution in [0.15, 0.2) is 0 Å². The van der Waals surface area contributed by atoms with Gasteiger partial charge in [0.1, 0.15) is 5.60 Å². The first kappa shape index (κ1) is 10.4. The highest BCUT2D eigenvalue weighted by molar-refractivity contribution is 5.68. The number of carbonyl (C=O) groups excluding carboxylic acids is 1. The van der Waals surface area contributed by atoms with Crippen molar-refractivity contribution in [2.45, 2.75) is 40.2 Å². The standard InChI is InChI=1S/C10H19NO2/c1-7-6-11-8(12)13-10(7,5)9(2,3)4/h7H,6H2,1-5H3,(H,11,12)/t7-,10?/m0/s1. The van der Waals surface area contributed by atoms with Crippen LogP contribution in [0.4, 0.5) is 4.79 Å². The van der Waals surface area contributed by atoms with Gasteiger partial charge in [0.05, 0.1) is 0 Å². The lowest BCUT2D eigenvalue weighted by molar-refractivity contribution is -0.106. The van der Waals surface area contributed by atoms with E-state index in [2.05, 4.69) is 33.0 Å². The Morgan fingerprint density at radius 2 is 2.08 bits per heavy atom. The van der Waals surface area contributed by atoms with Crippen LogP contribution in [0.2, 0.25) is 0 Å². The van der Waals surface area contributed by atoms with Gasteiger partial charge in [0.15, 0.2) is 0 Å². The maximum Gasteiger partial charge on any atom is 0.407 e. The van der Waals surface area contributed by atoms with Crippen LogP contribution < -0.4 is 5.32 Å². The number of rotatable bonds is 0. The fourth-order valence-electron chi connectivity index (χ4n) is 1.65. The molecule has 13 heavy (non-hydrogen) atoms. The van der Waals surface area contributed by atoms with Crippen molar-refractivity contribution < 1.29 is 9.53 Å². The first-order chi connectivity index (χ1) is 5.77. The molecule has 1 fully saturated rings. The van der Waals surface area contributed by atoms with Gasteiger partial charge in [-0.15, -0.1) is 0 Å². The lowest BCUT2D eigenvalue weighted by atomic mass is 9.70. The minimum absolute atomic E-state index is 0.0236. The van der Waals surface area contributed by atoms with Crippen molar-refractivity contribution >= 4 is 6.09 Å². The molecule has 0 spiro atoms. The van der Waals surface area contributed by atoms with Crippen molar-refractivity contribution in [2.75, 3.05) is 6.54 Å². The molecule has 1 unspecified atom stereocenters. The number of ether oxygens (including phenoxy) is 1. The summed E-state index contributed by atoms with van der Waals surface area (Å²) in [5.41, 5.74) is -0.389. The van der Waals surface area contributed by atoms with Crippen molar-refractivity contribution in [1.29, 1.82) is 0 Å². The zero-order valence-corrected chi connectivity index (χ0v) is 9.10. The zero-order chi connectivity index (χ0) is 10.3. The molecule has 3 nitrogen and oxygen atoms in total. The smallest absolute Gasteiger partial charge is 0.407 e. The van der Waals surface area contributed by atoms with E-state index in [4.69, 9.17) is 4.74 Å². The summed E-state index contributed by atoms with van der Waals surface area (Å²) in [6, 6.07) is 0. The third kappa shape index (κ3) is 1.64. The molecule has 3 heteroatoms. The zero-order valence-electron chi connectivity index (χ0n) is 9.10. The van der Waals surface area contributed by atoms with Gasteiger partial charge in [-0.25, -0.2) is 4.79 Å². The van der Waals surface area contributed by atoms with Crippen molar-refractivity contribution in [2.24, 2.45) is 11.3 Å². The Bertz CT molecular complexity index is 219. The molecule has 1 saturated heterocycles. The van der Waals surface area contributed by atoms with E-state index in [0.717, 1.165) is 0 Å². The summed E-state index contributed by atoms with van der Waals surface area (Å²) in [5, 5.41) is 2.70. The van der Waals surface area contributed by atoms with Crippen LogP contribution in [-0.4, -0.2) is 18.2 Å². The maximum absolute atomic E-state index is 11.1. The molecule has 0 aromatic rings. The molecular formula is C10H19NO2. The van der Waals surface area contributed by atoms with Gasteiger partial charge in [0.2, 0.25) is 0 Å². The monoisotopic (exact) mass is 185 g/mol. The van der Waals surface area contributed by atoms with Crippen LogP contribution in [0, 0.1) is 11.3 Å². The lowest BCUT2D eigenvalue weighted by Gasteiger charge is -2.47. The van der Waals surface area contributed by atoms with E-state index in [0.29, 0.717) is 12.5 Å². The molecule has 0 aromatic carbocycles. The van der Waals surface area contributed by atoms with Crippen molar-refractivity contribution in [1.82, 2.24) is 5.32 Å². The number of nitrogens with one attached hydrogen (secondary N) is 1. The van der Waals surface area contributed by atoms with E-state index in [-0.39, 0.29) is 17.1 Å². The molecule has 0 radical (unpaired) electrons. The summed E-state index contributed by atoms with van der Waals surface area (Å²) in [5.74, 6) is 0.338. The number of hydrogen-bond acceptors (Lipinski definition) is 2. The molecule has 0 saturated carbocycles. The van der Waals surface area contributed by atoms with Gasteiger partial charge in [-0.05, 0) is 6.92 Å². The summed E-state index contributed by atoms with van der Waals surface area (Å²) in [4.78, 5) is 11.1. The SMILES string of the molecule is C[C@H]1CNC(=O)OC1(C)C(C)(C)C. The number of alkyl carbamates (subject to hydrolysis) is 1. The number of carbonyl (C=O) groups is 1. The van der Waals surface area contributed by atoms with Gasteiger partial charge in [0, 0.05) is 17.9 Å². The Morgan fingerprint density at radius 1 is 1.54 bits per heavy atom. The van der Waals surface area contributed by atoms with Gasteiger partial charge in [-0.3, -0.25) is 0 Å². The molecular weight excluding hydrogens is 166 g/mol. The lowest BCUT2D eigenvalue weighted by Crippen LogP contribution is -2.58. The molecule has 76 valence electrons. The quantitative estimate of drug-likeness (QED) is 0.628. The molecule has 0 bridgehead atoms. The van der Waals surface area contributed by atoms with E-state index in [9.17, 15) is 4.79 Å². The average molecular weight is 185 g/mol. The molecule has 2 atom stereocenters. The van der Waals surface area contributed by atoms with E-state index in [1.165, 1.54) is 0 Å². The molecule has 0 aliphatic carbocycles. The summed E-state index contributed by atoms with van der Waals surface area (Å²) in [7, 11) is 0. The van der Waals surface area contributed by atoms with Crippen LogP contribution in [0.1, 0.15) is 34.6 Å². The fraction of sp³-hybridized carbons (Fsp3) is 0.900. The van der Waals surface area contributed by atoms with E-state index in [1.807, 2.05) is 6.92 Å². The van der Waals surface area contributed by atoms with E-state index in [1.54, 1.807) is 0 Å². The molecule has 0 aromatic heterocycles. The Morgan fingerprint density at radius 3 is 2.46 bits per heavy atom. The minimum Gasteiger partial charge on any atom is -0.442 e. The normalized spacial score (nSPS) is 35.2. The average Bonchev–Trinajstić information content (AvgIpc) is 1.95. The molecule has 1 N–H and O–H groups in total. The summed E-state index contributed by atoms with van der Waals surface area (Å²) >= 11 is 0. The van der Waals surface area contributed by atoms with Gasteiger partial charge in [0.25, 0.3) is 0 Å². The Labute approximate surface area is 79.8 Å². The van der Waals surface area contributed by atoms with Gasteiger partial charge < -0.3 is 10.1 Å². The second kappa shape index (κ2) is 2.89. The van der Waals surface area contributed by atoms with E-state index < -0.39 is 0 Å². The summed E-state index contributed by atoms with van der Waals surface area (Å²) in [6.07, 6.45) is -0.296. The number of hydrogen-bond donors (Lipinski definition) is 1. The summed E-state index contributed by atoms with van der Waals surface area (Å²) < 4.78 is 5.40. The molecule has 1 amide bonds. The van der Waals surface area contributed by atoms with Crippen LogP contribution in [-0.2, 0) is 4.74 Å². The number of amides is 1. The highest BCUT2D eigenvalue weighted by Gasteiger charge is 2.48. The van der Waals surface area contributed by atoms with Crippen molar-refractivity contribution in [3.8, 4) is 0 Å². The van der Waals surface area contributed by atoms with Crippen LogP contribution in [0.25, 0.3) is 0 Å². The fourth-order valence-corrected chi connectivity index (χ4v) is 1.65. The second-order valence-electron chi connectivity index (χ2n) is 5.03.